The fraction of sp³-hybridized carbons (Fsp3) is 0.933. The highest BCUT2D eigenvalue weighted by Gasteiger charge is 2.28. The molecule has 2 aliphatic heterocycles. The zero-order chi connectivity index (χ0) is 13.9. The molecular formula is C15H29N3O. The van der Waals surface area contributed by atoms with Gasteiger partial charge in [-0.2, -0.15) is 0 Å². The molecule has 0 aromatic heterocycles. The number of nitrogens with zero attached hydrogens (tertiary/aromatic N) is 2. The summed E-state index contributed by atoms with van der Waals surface area (Å²) in [7, 11) is 0. The van der Waals surface area contributed by atoms with E-state index in [2.05, 4.69) is 31.0 Å². The van der Waals surface area contributed by atoms with E-state index < -0.39 is 0 Å². The monoisotopic (exact) mass is 267 g/mol. The van der Waals surface area contributed by atoms with Crippen molar-refractivity contribution in [2.24, 2.45) is 0 Å². The van der Waals surface area contributed by atoms with Crippen molar-refractivity contribution in [2.75, 3.05) is 32.7 Å². The van der Waals surface area contributed by atoms with Crippen LogP contribution >= 0.6 is 0 Å². The summed E-state index contributed by atoms with van der Waals surface area (Å²) in [5.41, 5.74) is 0.0174. The zero-order valence-corrected chi connectivity index (χ0v) is 12.7. The molecular weight excluding hydrogens is 238 g/mol. The second kappa shape index (κ2) is 6.23. The summed E-state index contributed by atoms with van der Waals surface area (Å²) in [4.78, 5) is 16.8. The number of likely N-dealkylation sites (tertiary alicyclic amines) is 2. The van der Waals surface area contributed by atoms with E-state index in [4.69, 9.17) is 0 Å². The van der Waals surface area contributed by atoms with Crippen LogP contribution in [0.5, 0.6) is 0 Å². The van der Waals surface area contributed by atoms with E-state index in [0.29, 0.717) is 6.54 Å². The number of piperidine rings is 1. The van der Waals surface area contributed by atoms with Crippen molar-refractivity contribution in [1.82, 2.24) is 15.1 Å². The van der Waals surface area contributed by atoms with Gasteiger partial charge in [0, 0.05) is 24.7 Å². The number of hydrogen-bond acceptors (Lipinski definition) is 3. The Hall–Kier alpha value is -0.610. The summed E-state index contributed by atoms with van der Waals surface area (Å²) in [6.45, 7) is 11.2. The maximum Gasteiger partial charge on any atom is 0.236 e. The average molecular weight is 267 g/mol. The first-order valence-corrected chi connectivity index (χ1v) is 7.72. The molecule has 0 saturated carbocycles. The maximum absolute atomic E-state index is 12.1. The number of amides is 1. The third-order valence-electron chi connectivity index (χ3n) is 4.24. The molecule has 110 valence electrons. The minimum atomic E-state index is 0.0174. The van der Waals surface area contributed by atoms with Crippen molar-refractivity contribution in [3.05, 3.63) is 0 Å². The molecule has 1 N–H and O–H groups in total. The minimum Gasteiger partial charge on any atom is -0.341 e. The molecule has 2 saturated heterocycles. The van der Waals surface area contributed by atoms with E-state index in [0.717, 1.165) is 32.0 Å². The largest absolute Gasteiger partial charge is 0.341 e. The van der Waals surface area contributed by atoms with Gasteiger partial charge in [0.15, 0.2) is 0 Å². The number of carbonyl (C=O) groups excluding carboxylic acids is 1. The van der Waals surface area contributed by atoms with Crippen LogP contribution in [0, 0.1) is 0 Å². The van der Waals surface area contributed by atoms with Crippen LogP contribution in [0.3, 0.4) is 0 Å². The van der Waals surface area contributed by atoms with Crippen molar-refractivity contribution in [1.29, 1.82) is 0 Å². The van der Waals surface area contributed by atoms with Gasteiger partial charge in [0.25, 0.3) is 0 Å². The molecule has 19 heavy (non-hydrogen) atoms. The molecule has 0 atom stereocenters. The molecule has 0 spiro atoms. The molecule has 1 amide bonds. The summed E-state index contributed by atoms with van der Waals surface area (Å²) < 4.78 is 0. The summed E-state index contributed by atoms with van der Waals surface area (Å²) >= 11 is 0. The molecule has 2 heterocycles. The second-order valence-electron chi connectivity index (χ2n) is 6.96. The van der Waals surface area contributed by atoms with Gasteiger partial charge >= 0.3 is 0 Å². The van der Waals surface area contributed by atoms with Gasteiger partial charge < -0.3 is 15.1 Å². The van der Waals surface area contributed by atoms with E-state index in [9.17, 15) is 4.79 Å². The number of rotatable bonds is 3. The van der Waals surface area contributed by atoms with E-state index in [1.54, 1.807) is 0 Å². The standard InChI is InChI=1S/C15H29N3O/c1-15(2,3)16-12-14(19)18-10-6-13(7-11-18)17-8-4-5-9-17/h13,16H,4-12H2,1-3H3. The van der Waals surface area contributed by atoms with E-state index in [1.807, 2.05) is 4.90 Å². The molecule has 0 radical (unpaired) electrons. The van der Waals surface area contributed by atoms with Crippen LogP contribution < -0.4 is 5.32 Å². The first-order valence-electron chi connectivity index (χ1n) is 7.72. The predicted molar refractivity (Wildman–Crippen MR) is 78.2 cm³/mol. The summed E-state index contributed by atoms with van der Waals surface area (Å²) in [6, 6.07) is 0.724. The lowest BCUT2D eigenvalue weighted by molar-refractivity contribution is -0.132. The average Bonchev–Trinajstić information content (AvgIpc) is 2.89. The Balaban J connectivity index is 1.71. The highest BCUT2D eigenvalue weighted by Crippen LogP contribution is 2.21. The van der Waals surface area contributed by atoms with E-state index in [1.165, 1.54) is 25.9 Å². The zero-order valence-electron chi connectivity index (χ0n) is 12.7. The summed E-state index contributed by atoms with van der Waals surface area (Å²) in [5, 5.41) is 3.28. The van der Waals surface area contributed by atoms with Crippen LogP contribution in [0.1, 0.15) is 46.5 Å². The molecule has 0 aromatic carbocycles. The Morgan fingerprint density at radius 2 is 1.68 bits per heavy atom. The first-order chi connectivity index (χ1) is 8.96. The Morgan fingerprint density at radius 1 is 1.11 bits per heavy atom. The van der Waals surface area contributed by atoms with Crippen LogP contribution in [0.2, 0.25) is 0 Å². The Labute approximate surface area is 117 Å². The Bertz CT molecular complexity index is 297. The predicted octanol–water partition coefficient (Wildman–Crippen LogP) is 1.46. The molecule has 0 aromatic rings. The number of nitrogens with one attached hydrogen (secondary N) is 1. The number of carbonyl (C=O) groups is 1. The third-order valence-corrected chi connectivity index (χ3v) is 4.24. The Kier molecular flexibility index (Phi) is 4.85. The topological polar surface area (TPSA) is 35.6 Å². The summed E-state index contributed by atoms with van der Waals surface area (Å²) in [6.07, 6.45) is 5.02. The van der Waals surface area contributed by atoms with Gasteiger partial charge in [-0.05, 0) is 59.5 Å². The molecule has 2 fully saturated rings. The molecule has 2 aliphatic rings. The van der Waals surface area contributed by atoms with Crippen LogP contribution in [0.15, 0.2) is 0 Å². The lowest BCUT2D eigenvalue weighted by Gasteiger charge is -2.37. The molecule has 0 bridgehead atoms. The van der Waals surface area contributed by atoms with Gasteiger partial charge in [-0.1, -0.05) is 0 Å². The minimum absolute atomic E-state index is 0.0174. The SMILES string of the molecule is CC(C)(C)NCC(=O)N1CCC(N2CCCC2)CC1. The van der Waals surface area contributed by atoms with E-state index in [-0.39, 0.29) is 11.4 Å². The molecule has 4 heteroatoms. The normalized spacial score (nSPS) is 23.0. The molecule has 0 unspecified atom stereocenters. The second-order valence-corrected chi connectivity index (χ2v) is 6.96. The van der Waals surface area contributed by atoms with Crippen molar-refractivity contribution in [3.63, 3.8) is 0 Å². The highest BCUT2D eigenvalue weighted by molar-refractivity contribution is 5.78. The van der Waals surface area contributed by atoms with Crippen LogP contribution in [0.4, 0.5) is 0 Å². The van der Waals surface area contributed by atoms with Gasteiger partial charge in [0.05, 0.1) is 6.54 Å². The van der Waals surface area contributed by atoms with E-state index >= 15 is 0 Å². The fourth-order valence-corrected chi connectivity index (χ4v) is 3.04. The third kappa shape index (κ3) is 4.46. The molecule has 0 aliphatic carbocycles. The van der Waals surface area contributed by atoms with Gasteiger partial charge in [0.1, 0.15) is 0 Å². The Morgan fingerprint density at radius 3 is 2.21 bits per heavy atom. The van der Waals surface area contributed by atoms with Gasteiger partial charge in [0.2, 0.25) is 5.91 Å². The molecule has 2 rings (SSSR count). The quantitative estimate of drug-likeness (QED) is 0.841. The van der Waals surface area contributed by atoms with Crippen molar-refractivity contribution >= 4 is 5.91 Å². The van der Waals surface area contributed by atoms with Crippen molar-refractivity contribution < 1.29 is 4.79 Å². The number of hydrogen-bond donors (Lipinski definition) is 1. The highest BCUT2D eigenvalue weighted by atomic mass is 16.2. The van der Waals surface area contributed by atoms with Gasteiger partial charge in [-0.25, -0.2) is 0 Å². The maximum atomic E-state index is 12.1. The summed E-state index contributed by atoms with van der Waals surface area (Å²) in [5.74, 6) is 0.259. The fourth-order valence-electron chi connectivity index (χ4n) is 3.04. The van der Waals surface area contributed by atoms with Gasteiger partial charge in [-0.3, -0.25) is 4.79 Å². The van der Waals surface area contributed by atoms with Crippen molar-refractivity contribution in [2.45, 2.75) is 58.0 Å². The van der Waals surface area contributed by atoms with Crippen molar-refractivity contribution in [3.8, 4) is 0 Å². The first kappa shape index (κ1) is 14.8. The lowest BCUT2D eigenvalue weighted by atomic mass is 10.0. The van der Waals surface area contributed by atoms with Crippen LogP contribution in [-0.4, -0.2) is 60.0 Å². The van der Waals surface area contributed by atoms with Crippen LogP contribution in [0.25, 0.3) is 0 Å². The smallest absolute Gasteiger partial charge is 0.236 e. The van der Waals surface area contributed by atoms with Gasteiger partial charge in [-0.15, -0.1) is 0 Å². The molecule has 4 nitrogen and oxygen atoms in total. The van der Waals surface area contributed by atoms with Crippen LogP contribution in [-0.2, 0) is 4.79 Å². The lowest BCUT2D eigenvalue weighted by Crippen LogP contribution is -2.50.